The van der Waals surface area contributed by atoms with Gasteiger partial charge in [-0.3, -0.25) is 4.68 Å². The van der Waals surface area contributed by atoms with Crippen molar-refractivity contribution < 1.29 is 5.11 Å². The van der Waals surface area contributed by atoms with Crippen LogP contribution in [0.2, 0.25) is 0 Å². The van der Waals surface area contributed by atoms with Crippen LogP contribution in [-0.2, 0) is 19.9 Å². The predicted octanol–water partition coefficient (Wildman–Crippen LogP) is 2.26. The fourth-order valence-electron chi connectivity index (χ4n) is 1.89. The van der Waals surface area contributed by atoms with E-state index in [0.29, 0.717) is 6.42 Å². The van der Waals surface area contributed by atoms with Gasteiger partial charge in [0, 0.05) is 19.7 Å². The molecule has 3 nitrogen and oxygen atoms in total. The Bertz CT molecular complexity index is 473. The highest BCUT2D eigenvalue weighted by atomic mass is 16.3. The topological polar surface area (TPSA) is 38.1 Å². The van der Waals surface area contributed by atoms with Crippen molar-refractivity contribution in [3.8, 4) is 0 Å². The van der Waals surface area contributed by atoms with Gasteiger partial charge in [-0.05, 0) is 23.1 Å². The number of aromatic nitrogens is 2. The first kappa shape index (κ1) is 11.9. The monoisotopic (exact) mass is 230 g/mol. The zero-order valence-corrected chi connectivity index (χ0v) is 10.3. The van der Waals surface area contributed by atoms with E-state index in [1.54, 1.807) is 10.9 Å². The Morgan fingerprint density at radius 1 is 1.24 bits per heavy atom. The molecule has 0 aliphatic rings. The fourth-order valence-corrected chi connectivity index (χ4v) is 1.89. The van der Waals surface area contributed by atoms with Gasteiger partial charge in [0.15, 0.2) is 0 Å². The van der Waals surface area contributed by atoms with Gasteiger partial charge in [-0.2, -0.15) is 5.10 Å². The average Bonchev–Trinajstić information content (AvgIpc) is 2.75. The van der Waals surface area contributed by atoms with E-state index in [-0.39, 0.29) is 0 Å². The molecule has 0 saturated heterocycles. The van der Waals surface area contributed by atoms with Gasteiger partial charge in [-0.1, -0.05) is 31.2 Å². The number of rotatable bonds is 4. The maximum Gasteiger partial charge on any atom is 0.0831 e. The third-order valence-electron chi connectivity index (χ3n) is 2.96. The lowest BCUT2D eigenvalue weighted by Crippen LogP contribution is -2.01. The summed E-state index contributed by atoms with van der Waals surface area (Å²) in [5, 5.41) is 14.2. The van der Waals surface area contributed by atoms with Crippen LogP contribution in [0.25, 0.3) is 0 Å². The SMILES string of the molecule is CCc1ccc(C(O)Cc2cnn(C)c2)cc1. The van der Waals surface area contributed by atoms with E-state index in [9.17, 15) is 5.11 Å². The van der Waals surface area contributed by atoms with Crippen LogP contribution < -0.4 is 0 Å². The Kier molecular flexibility index (Phi) is 3.59. The molecule has 1 unspecified atom stereocenters. The molecule has 1 N–H and O–H groups in total. The Morgan fingerprint density at radius 2 is 1.94 bits per heavy atom. The van der Waals surface area contributed by atoms with Gasteiger partial charge < -0.3 is 5.11 Å². The van der Waals surface area contributed by atoms with Crippen LogP contribution in [0.5, 0.6) is 0 Å². The molecule has 0 radical (unpaired) electrons. The first-order valence-corrected chi connectivity index (χ1v) is 5.93. The molecule has 17 heavy (non-hydrogen) atoms. The van der Waals surface area contributed by atoms with Gasteiger partial charge >= 0.3 is 0 Å². The van der Waals surface area contributed by atoms with E-state index in [0.717, 1.165) is 17.5 Å². The van der Waals surface area contributed by atoms with Crippen molar-refractivity contribution in [2.24, 2.45) is 7.05 Å². The predicted molar refractivity (Wildman–Crippen MR) is 67.7 cm³/mol. The lowest BCUT2D eigenvalue weighted by molar-refractivity contribution is 0.178. The zero-order chi connectivity index (χ0) is 12.3. The third kappa shape index (κ3) is 2.94. The van der Waals surface area contributed by atoms with Crippen LogP contribution in [0.1, 0.15) is 29.7 Å². The minimum absolute atomic E-state index is 0.454. The molecule has 2 rings (SSSR count). The fraction of sp³-hybridized carbons (Fsp3) is 0.357. The molecule has 3 heteroatoms. The van der Waals surface area contributed by atoms with E-state index < -0.39 is 6.10 Å². The second-order valence-electron chi connectivity index (χ2n) is 4.34. The standard InChI is InChI=1S/C14H18N2O/c1-3-11-4-6-13(7-5-11)14(17)8-12-9-15-16(2)10-12/h4-7,9-10,14,17H,3,8H2,1-2H3. The van der Waals surface area contributed by atoms with Gasteiger partial charge in [0.05, 0.1) is 12.3 Å². The summed E-state index contributed by atoms with van der Waals surface area (Å²) in [6.07, 6.45) is 4.91. The van der Waals surface area contributed by atoms with Crippen molar-refractivity contribution in [2.75, 3.05) is 0 Å². The second-order valence-corrected chi connectivity index (χ2v) is 4.34. The van der Waals surface area contributed by atoms with Crippen LogP contribution in [-0.4, -0.2) is 14.9 Å². The highest BCUT2D eigenvalue weighted by molar-refractivity contribution is 5.25. The summed E-state index contributed by atoms with van der Waals surface area (Å²) in [6, 6.07) is 8.14. The first-order valence-electron chi connectivity index (χ1n) is 5.93. The largest absolute Gasteiger partial charge is 0.388 e. The van der Waals surface area contributed by atoms with Gasteiger partial charge in [0.25, 0.3) is 0 Å². The summed E-state index contributed by atoms with van der Waals surface area (Å²) in [6.45, 7) is 2.13. The molecule has 1 aromatic heterocycles. The lowest BCUT2D eigenvalue weighted by atomic mass is 10.0. The molecule has 0 aliphatic heterocycles. The summed E-state index contributed by atoms with van der Waals surface area (Å²) < 4.78 is 1.75. The molecule has 0 amide bonds. The van der Waals surface area contributed by atoms with E-state index in [1.807, 2.05) is 25.4 Å². The van der Waals surface area contributed by atoms with Crippen molar-refractivity contribution in [3.05, 3.63) is 53.3 Å². The van der Waals surface area contributed by atoms with E-state index in [4.69, 9.17) is 0 Å². The average molecular weight is 230 g/mol. The van der Waals surface area contributed by atoms with Gasteiger partial charge in [0.1, 0.15) is 0 Å². The van der Waals surface area contributed by atoms with Crippen molar-refractivity contribution in [2.45, 2.75) is 25.9 Å². The molecular formula is C14H18N2O. The number of aliphatic hydroxyl groups excluding tert-OH is 1. The van der Waals surface area contributed by atoms with Crippen molar-refractivity contribution in [1.29, 1.82) is 0 Å². The normalized spacial score (nSPS) is 12.6. The molecule has 0 fully saturated rings. The van der Waals surface area contributed by atoms with Crippen molar-refractivity contribution in [3.63, 3.8) is 0 Å². The van der Waals surface area contributed by atoms with Crippen LogP contribution in [0, 0.1) is 0 Å². The molecule has 1 aromatic carbocycles. The molecule has 1 heterocycles. The van der Waals surface area contributed by atoms with E-state index in [1.165, 1.54) is 5.56 Å². The number of aryl methyl sites for hydroxylation is 2. The summed E-state index contributed by atoms with van der Waals surface area (Å²) >= 11 is 0. The highest BCUT2D eigenvalue weighted by Gasteiger charge is 2.09. The molecule has 1 atom stereocenters. The van der Waals surface area contributed by atoms with Crippen LogP contribution in [0.15, 0.2) is 36.7 Å². The minimum Gasteiger partial charge on any atom is -0.388 e. The molecular weight excluding hydrogens is 212 g/mol. The third-order valence-corrected chi connectivity index (χ3v) is 2.96. The molecule has 0 bridgehead atoms. The molecule has 90 valence electrons. The highest BCUT2D eigenvalue weighted by Crippen LogP contribution is 2.18. The Labute approximate surface area is 102 Å². The van der Waals surface area contributed by atoms with E-state index in [2.05, 4.69) is 24.2 Å². The summed E-state index contributed by atoms with van der Waals surface area (Å²) in [5.74, 6) is 0. The molecule has 0 spiro atoms. The minimum atomic E-state index is -0.454. The number of nitrogens with zero attached hydrogens (tertiary/aromatic N) is 2. The Morgan fingerprint density at radius 3 is 2.47 bits per heavy atom. The van der Waals surface area contributed by atoms with Crippen LogP contribution in [0.4, 0.5) is 0 Å². The molecule has 0 saturated carbocycles. The van der Waals surface area contributed by atoms with Crippen LogP contribution in [0.3, 0.4) is 0 Å². The Hall–Kier alpha value is -1.61. The maximum atomic E-state index is 10.1. The quantitative estimate of drug-likeness (QED) is 0.875. The van der Waals surface area contributed by atoms with Crippen molar-refractivity contribution >= 4 is 0 Å². The maximum absolute atomic E-state index is 10.1. The van der Waals surface area contributed by atoms with Crippen molar-refractivity contribution in [1.82, 2.24) is 9.78 Å². The number of aliphatic hydroxyl groups is 1. The number of benzene rings is 1. The van der Waals surface area contributed by atoms with Gasteiger partial charge in [-0.25, -0.2) is 0 Å². The second kappa shape index (κ2) is 5.15. The van der Waals surface area contributed by atoms with E-state index >= 15 is 0 Å². The zero-order valence-electron chi connectivity index (χ0n) is 10.3. The van der Waals surface area contributed by atoms with Gasteiger partial charge in [0.2, 0.25) is 0 Å². The summed E-state index contributed by atoms with van der Waals surface area (Å²) in [5.41, 5.74) is 3.31. The molecule has 0 aliphatic carbocycles. The number of hydrogen-bond acceptors (Lipinski definition) is 2. The smallest absolute Gasteiger partial charge is 0.0831 e. The molecule has 2 aromatic rings. The van der Waals surface area contributed by atoms with Crippen LogP contribution >= 0.6 is 0 Å². The number of hydrogen-bond donors (Lipinski definition) is 1. The lowest BCUT2D eigenvalue weighted by Gasteiger charge is -2.10. The summed E-state index contributed by atoms with van der Waals surface area (Å²) in [4.78, 5) is 0. The summed E-state index contributed by atoms with van der Waals surface area (Å²) in [7, 11) is 1.88. The first-order chi connectivity index (χ1) is 8.19. The van der Waals surface area contributed by atoms with Gasteiger partial charge in [-0.15, -0.1) is 0 Å². The Balaban J connectivity index is 2.06.